The lowest BCUT2D eigenvalue weighted by Crippen LogP contribution is -2.22. The molecule has 1 aromatic rings. The zero-order chi connectivity index (χ0) is 11.0. The molecule has 1 aromatic carbocycles. The maximum atomic E-state index is 12.8. The third kappa shape index (κ3) is 1.72. The topological polar surface area (TPSA) is 40.9 Å². The van der Waals surface area contributed by atoms with Gasteiger partial charge in [0.1, 0.15) is 5.82 Å². The minimum absolute atomic E-state index is 0.693. The van der Waals surface area contributed by atoms with Crippen LogP contribution in [-0.2, 0) is 9.73 Å². The predicted molar refractivity (Wildman–Crippen MR) is 41.6 cm³/mol. The molecule has 1 atom stereocenters. The molecule has 0 spiro atoms. The third-order valence-electron chi connectivity index (χ3n) is 1.47. The second-order valence-electron chi connectivity index (χ2n) is 2.43. The Morgan fingerprint density at radius 3 is 2.14 bits per heavy atom. The number of benzene rings is 1. The van der Waals surface area contributed by atoms with Gasteiger partial charge in [0.2, 0.25) is 0 Å². The Hall–Kier alpha value is -1.11. The molecule has 78 valence electrons. The van der Waals surface area contributed by atoms with Crippen molar-refractivity contribution in [3.05, 3.63) is 30.1 Å². The predicted octanol–water partition coefficient (Wildman–Crippen LogP) is 2.75. The molecule has 14 heavy (non-hydrogen) atoms. The summed E-state index contributed by atoms with van der Waals surface area (Å²) in [6, 6.07) is 3.68. The van der Waals surface area contributed by atoms with E-state index in [1.165, 1.54) is 0 Å². The smallest absolute Gasteiger partial charge is 0.241 e. The van der Waals surface area contributed by atoms with E-state index in [1.807, 2.05) is 0 Å². The molecule has 0 aromatic heterocycles. The van der Waals surface area contributed by atoms with Crippen LogP contribution in [0, 0.1) is 10.6 Å². The Labute approximate surface area is 77.5 Å². The molecule has 0 saturated heterocycles. The molecular formula is C7H5F4NOS. The number of hydrogen-bond acceptors (Lipinski definition) is 2. The number of alkyl halides is 3. The number of rotatable bonds is 1. The normalized spacial score (nSPS) is 16.3. The number of halogens is 4. The van der Waals surface area contributed by atoms with Gasteiger partial charge in [-0.3, -0.25) is 0 Å². The molecule has 0 unspecified atom stereocenters. The van der Waals surface area contributed by atoms with Gasteiger partial charge in [0.25, 0.3) is 0 Å². The fourth-order valence-corrected chi connectivity index (χ4v) is 1.66. The van der Waals surface area contributed by atoms with Crippen LogP contribution in [0.25, 0.3) is 0 Å². The lowest BCUT2D eigenvalue weighted by atomic mass is 10.3. The van der Waals surface area contributed by atoms with Gasteiger partial charge in [0.05, 0.1) is 4.90 Å². The monoisotopic (exact) mass is 227 g/mol. The highest BCUT2D eigenvalue weighted by Crippen LogP contribution is 2.31. The van der Waals surface area contributed by atoms with Gasteiger partial charge < -0.3 is 0 Å². The van der Waals surface area contributed by atoms with Crippen molar-refractivity contribution in [1.82, 2.24) is 0 Å². The Morgan fingerprint density at radius 2 is 1.71 bits per heavy atom. The molecule has 0 radical (unpaired) electrons. The van der Waals surface area contributed by atoms with Crippen molar-refractivity contribution >= 4 is 9.73 Å². The average molecular weight is 227 g/mol. The van der Waals surface area contributed by atoms with Crippen molar-refractivity contribution in [1.29, 1.82) is 4.78 Å². The first-order chi connectivity index (χ1) is 6.27. The van der Waals surface area contributed by atoms with Crippen molar-refractivity contribution in [2.45, 2.75) is 10.4 Å². The van der Waals surface area contributed by atoms with Crippen LogP contribution in [0.3, 0.4) is 0 Å². The van der Waals surface area contributed by atoms with Crippen LogP contribution >= 0.6 is 0 Å². The van der Waals surface area contributed by atoms with Crippen molar-refractivity contribution in [3.63, 3.8) is 0 Å². The largest absolute Gasteiger partial charge is 0.483 e. The van der Waals surface area contributed by atoms with Crippen LogP contribution in [0.4, 0.5) is 17.6 Å². The molecule has 0 aliphatic carbocycles. The summed E-state index contributed by atoms with van der Waals surface area (Å²) in [4.78, 5) is -1.13. The van der Waals surface area contributed by atoms with Crippen LogP contribution < -0.4 is 0 Å². The summed E-state index contributed by atoms with van der Waals surface area (Å²) in [6.07, 6.45) is 0. The van der Waals surface area contributed by atoms with Crippen molar-refractivity contribution in [3.8, 4) is 0 Å². The Balaban J connectivity index is 3.40. The van der Waals surface area contributed by atoms with E-state index in [1.54, 1.807) is 0 Å². The fraction of sp³-hybridized carbons (Fsp3) is 0.143. The van der Waals surface area contributed by atoms with E-state index in [0.29, 0.717) is 6.07 Å². The standard InChI is InChI=1S/C7H5F4NOS/c8-5-3-1-2-4-6(5)14(12,13)7(9,10)11/h1-4,12H/t14-/m0/s1. The van der Waals surface area contributed by atoms with Gasteiger partial charge >= 0.3 is 5.51 Å². The molecule has 0 saturated carbocycles. The van der Waals surface area contributed by atoms with Crippen LogP contribution in [0.5, 0.6) is 0 Å². The van der Waals surface area contributed by atoms with Gasteiger partial charge in [-0.05, 0) is 12.1 Å². The first kappa shape index (κ1) is 11.0. The van der Waals surface area contributed by atoms with Gasteiger partial charge in [-0.25, -0.2) is 13.4 Å². The maximum Gasteiger partial charge on any atom is 0.483 e. The summed E-state index contributed by atoms with van der Waals surface area (Å²) in [5.74, 6) is -1.29. The van der Waals surface area contributed by atoms with Gasteiger partial charge in [0.15, 0.2) is 9.73 Å². The highest BCUT2D eigenvalue weighted by atomic mass is 32.2. The minimum Gasteiger partial charge on any atom is -0.241 e. The Kier molecular flexibility index (Phi) is 2.53. The summed E-state index contributed by atoms with van der Waals surface area (Å²) in [5.41, 5.74) is -5.25. The summed E-state index contributed by atoms with van der Waals surface area (Å²) in [5, 5.41) is 0. The van der Waals surface area contributed by atoms with Gasteiger partial charge in [-0.2, -0.15) is 13.2 Å². The minimum atomic E-state index is -5.25. The highest BCUT2D eigenvalue weighted by molar-refractivity contribution is 7.93. The summed E-state index contributed by atoms with van der Waals surface area (Å²) in [6.45, 7) is 0. The van der Waals surface area contributed by atoms with Gasteiger partial charge in [-0.1, -0.05) is 12.1 Å². The van der Waals surface area contributed by atoms with Crippen LogP contribution in [0.1, 0.15) is 0 Å². The number of nitrogens with one attached hydrogen (secondary N) is 1. The SMILES string of the molecule is N=[S@](=O)(c1ccccc1F)C(F)(F)F. The van der Waals surface area contributed by atoms with E-state index in [-0.39, 0.29) is 0 Å². The molecule has 1 rings (SSSR count). The van der Waals surface area contributed by atoms with E-state index in [2.05, 4.69) is 0 Å². The van der Waals surface area contributed by atoms with Crippen molar-refractivity contribution < 1.29 is 21.8 Å². The van der Waals surface area contributed by atoms with E-state index >= 15 is 0 Å². The Bertz CT molecular complexity index is 437. The third-order valence-corrected chi connectivity index (χ3v) is 3.07. The van der Waals surface area contributed by atoms with Crippen LogP contribution in [0.2, 0.25) is 0 Å². The van der Waals surface area contributed by atoms with Crippen molar-refractivity contribution in [2.24, 2.45) is 0 Å². The maximum absolute atomic E-state index is 12.8. The van der Waals surface area contributed by atoms with E-state index in [9.17, 15) is 21.8 Å². The Morgan fingerprint density at radius 1 is 1.21 bits per heavy atom. The molecular weight excluding hydrogens is 222 g/mol. The van der Waals surface area contributed by atoms with E-state index in [0.717, 1.165) is 18.2 Å². The second kappa shape index (κ2) is 3.23. The van der Waals surface area contributed by atoms with Crippen LogP contribution in [0.15, 0.2) is 29.2 Å². The van der Waals surface area contributed by atoms with E-state index in [4.69, 9.17) is 4.78 Å². The van der Waals surface area contributed by atoms with Gasteiger partial charge in [0, 0.05) is 0 Å². The zero-order valence-corrected chi connectivity index (χ0v) is 7.45. The fourth-order valence-electron chi connectivity index (χ4n) is 0.803. The molecule has 0 aliphatic rings. The summed E-state index contributed by atoms with van der Waals surface area (Å²) < 4.78 is 66.6. The lowest BCUT2D eigenvalue weighted by molar-refractivity contribution is -0.0408. The molecule has 1 N–H and O–H groups in total. The van der Waals surface area contributed by atoms with Crippen LogP contribution in [-0.4, -0.2) is 9.72 Å². The summed E-state index contributed by atoms with van der Waals surface area (Å²) >= 11 is 0. The molecule has 0 bridgehead atoms. The first-order valence-electron chi connectivity index (χ1n) is 3.36. The first-order valence-corrected chi connectivity index (χ1v) is 4.92. The number of hydrogen-bond donors (Lipinski definition) is 1. The lowest BCUT2D eigenvalue weighted by Gasteiger charge is -2.11. The molecule has 0 fully saturated rings. The highest BCUT2D eigenvalue weighted by Gasteiger charge is 2.44. The summed E-state index contributed by atoms with van der Waals surface area (Å²) in [7, 11) is -5.08. The molecule has 7 heteroatoms. The molecule has 0 heterocycles. The van der Waals surface area contributed by atoms with Gasteiger partial charge in [-0.15, -0.1) is 0 Å². The molecule has 0 aliphatic heterocycles. The van der Waals surface area contributed by atoms with Crippen molar-refractivity contribution in [2.75, 3.05) is 0 Å². The molecule has 0 amide bonds. The molecule has 2 nitrogen and oxygen atoms in total. The van der Waals surface area contributed by atoms with E-state index < -0.39 is 26.0 Å². The zero-order valence-electron chi connectivity index (χ0n) is 6.64. The second-order valence-corrected chi connectivity index (χ2v) is 4.45. The average Bonchev–Trinajstić information content (AvgIpc) is 2.02. The quantitative estimate of drug-likeness (QED) is 0.736.